The molecule has 1 aromatic carbocycles. The zero-order valence-corrected chi connectivity index (χ0v) is 14.3. The summed E-state index contributed by atoms with van der Waals surface area (Å²) in [6.45, 7) is 5.21. The molecule has 0 amide bonds. The van der Waals surface area contributed by atoms with Crippen molar-refractivity contribution >= 4 is 27.2 Å². The lowest BCUT2D eigenvalue weighted by molar-refractivity contribution is 0.395. The summed E-state index contributed by atoms with van der Waals surface area (Å²) in [6.07, 6.45) is 3.64. The van der Waals surface area contributed by atoms with E-state index in [0.717, 1.165) is 25.7 Å². The van der Waals surface area contributed by atoms with Crippen LogP contribution in [0.3, 0.4) is 0 Å². The number of rotatable bonds is 9. The maximum absolute atomic E-state index is 12.8. The second-order valence-electron chi connectivity index (χ2n) is 5.00. The average molecular weight is 329 g/mol. The van der Waals surface area contributed by atoms with Gasteiger partial charge in [-0.1, -0.05) is 51.0 Å². The second kappa shape index (κ2) is 8.46. The van der Waals surface area contributed by atoms with E-state index in [2.05, 4.69) is 13.8 Å². The largest absolute Gasteiger partial charge is 0.389 e. The molecule has 2 N–H and O–H groups in total. The summed E-state index contributed by atoms with van der Waals surface area (Å²) >= 11 is 4.92. The van der Waals surface area contributed by atoms with Gasteiger partial charge in [0.25, 0.3) is 0 Å². The number of hydrogen-bond acceptors (Lipinski definition) is 3. The summed E-state index contributed by atoms with van der Waals surface area (Å²) in [5.41, 5.74) is 6.17. The van der Waals surface area contributed by atoms with Gasteiger partial charge < -0.3 is 5.73 Å². The summed E-state index contributed by atoms with van der Waals surface area (Å²) in [7, 11) is -3.48. The van der Waals surface area contributed by atoms with Crippen molar-refractivity contribution in [2.75, 3.05) is 13.1 Å². The van der Waals surface area contributed by atoms with Gasteiger partial charge in [0.05, 0.1) is 4.90 Å². The van der Waals surface area contributed by atoms with Crippen LogP contribution < -0.4 is 5.73 Å². The molecule has 0 radical (unpaired) electrons. The number of unbranched alkanes of at least 4 members (excludes halogenated alkanes) is 2. The number of nitrogens with zero attached hydrogens (tertiary/aromatic N) is 1. The first-order chi connectivity index (χ1) is 9.93. The molecule has 0 saturated heterocycles. The van der Waals surface area contributed by atoms with E-state index in [0.29, 0.717) is 18.7 Å². The van der Waals surface area contributed by atoms with Gasteiger partial charge in [-0.25, -0.2) is 8.42 Å². The van der Waals surface area contributed by atoms with Crippen molar-refractivity contribution in [1.82, 2.24) is 4.31 Å². The number of thiocarbonyl (C=S) groups is 1. The van der Waals surface area contributed by atoms with Gasteiger partial charge in [0, 0.05) is 18.7 Å². The predicted molar refractivity (Wildman–Crippen MR) is 90.9 cm³/mol. The molecule has 0 bridgehead atoms. The topological polar surface area (TPSA) is 63.4 Å². The van der Waals surface area contributed by atoms with Gasteiger partial charge in [-0.3, -0.25) is 0 Å². The van der Waals surface area contributed by atoms with E-state index >= 15 is 0 Å². The molecule has 0 saturated carbocycles. The molecule has 6 heteroatoms. The Morgan fingerprint density at radius 3 is 2.24 bits per heavy atom. The lowest BCUT2D eigenvalue weighted by Crippen LogP contribution is -2.33. The van der Waals surface area contributed by atoms with Crippen molar-refractivity contribution in [3.8, 4) is 0 Å². The van der Waals surface area contributed by atoms with Crippen LogP contribution in [-0.2, 0) is 10.0 Å². The second-order valence-corrected chi connectivity index (χ2v) is 7.38. The van der Waals surface area contributed by atoms with Crippen LogP contribution in [0.1, 0.15) is 45.1 Å². The Kier molecular flexibility index (Phi) is 7.28. The summed E-state index contributed by atoms with van der Waals surface area (Å²) in [6, 6.07) is 6.56. The van der Waals surface area contributed by atoms with Crippen LogP contribution in [-0.4, -0.2) is 30.8 Å². The molecule has 0 fully saturated rings. The van der Waals surface area contributed by atoms with Gasteiger partial charge >= 0.3 is 0 Å². The fraction of sp³-hybridized carbons (Fsp3) is 0.533. The minimum absolute atomic E-state index is 0.209. The van der Waals surface area contributed by atoms with Crippen molar-refractivity contribution in [3.05, 3.63) is 29.8 Å². The van der Waals surface area contributed by atoms with Crippen molar-refractivity contribution in [3.63, 3.8) is 0 Å². The van der Waals surface area contributed by atoms with E-state index in [9.17, 15) is 8.42 Å². The maximum Gasteiger partial charge on any atom is 0.243 e. The molecule has 1 aromatic rings. The zero-order chi connectivity index (χ0) is 15.9. The van der Waals surface area contributed by atoms with Crippen LogP contribution in [0.4, 0.5) is 0 Å². The highest BCUT2D eigenvalue weighted by Crippen LogP contribution is 2.18. The first kappa shape index (κ1) is 18.1. The van der Waals surface area contributed by atoms with Crippen LogP contribution in [0.25, 0.3) is 0 Å². The van der Waals surface area contributed by atoms with Gasteiger partial charge in [-0.15, -0.1) is 0 Å². The summed E-state index contributed by atoms with van der Waals surface area (Å²) in [4.78, 5) is 0.473. The van der Waals surface area contributed by atoms with Gasteiger partial charge in [-0.2, -0.15) is 4.31 Å². The molecule has 0 atom stereocenters. The third-order valence-corrected chi connectivity index (χ3v) is 5.41. The SMILES string of the molecule is CCCCN(CCCC)S(=O)(=O)c1cccc(C(N)=S)c1. The minimum atomic E-state index is -3.48. The first-order valence-corrected chi connectivity index (χ1v) is 9.18. The molecule has 118 valence electrons. The molecule has 0 heterocycles. The Bertz CT molecular complexity index is 563. The Morgan fingerprint density at radius 2 is 1.76 bits per heavy atom. The molecule has 0 aliphatic rings. The Hall–Kier alpha value is -0.980. The van der Waals surface area contributed by atoms with Gasteiger partial charge in [0.15, 0.2) is 0 Å². The molecule has 21 heavy (non-hydrogen) atoms. The fourth-order valence-corrected chi connectivity index (χ4v) is 3.67. The number of nitrogens with two attached hydrogens (primary N) is 1. The number of hydrogen-bond donors (Lipinski definition) is 1. The summed E-state index contributed by atoms with van der Waals surface area (Å²) < 4.78 is 27.1. The van der Waals surface area contributed by atoms with Crippen LogP contribution in [0.5, 0.6) is 0 Å². The first-order valence-electron chi connectivity index (χ1n) is 7.33. The summed E-state index contributed by atoms with van der Waals surface area (Å²) in [5.74, 6) is 0. The van der Waals surface area contributed by atoms with Crippen LogP contribution >= 0.6 is 12.2 Å². The van der Waals surface area contributed by atoms with Crippen LogP contribution in [0.15, 0.2) is 29.2 Å². The highest BCUT2D eigenvalue weighted by Gasteiger charge is 2.23. The highest BCUT2D eigenvalue weighted by molar-refractivity contribution is 7.89. The standard InChI is InChI=1S/C15H24N2O2S2/c1-3-5-10-17(11-6-4-2)21(18,19)14-9-7-8-13(12-14)15(16)20/h7-9,12H,3-6,10-11H2,1-2H3,(H2,16,20). The molecule has 0 aliphatic carbocycles. The zero-order valence-electron chi connectivity index (χ0n) is 12.7. The normalized spacial score (nSPS) is 11.8. The fourth-order valence-electron chi connectivity index (χ4n) is 1.98. The molecule has 0 spiro atoms. The maximum atomic E-state index is 12.8. The molecule has 0 aliphatic heterocycles. The van der Waals surface area contributed by atoms with Crippen molar-refractivity contribution in [2.45, 2.75) is 44.4 Å². The third-order valence-electron chi connectivity index (χ3n) is 3.28. The quantitative estimate of drug-likeness (QED) is 0.708. The van der Waals surface area contributed by atoms with E-state index in [-0.39, 0.29) is 9.88 Å². The van der Waals surface area contributed by atoms with Crippen LogP contribution in [0, 0.1) is 0 Å². The molecular weight excluding hydrogens is 304 g/mol. The highest BCUT2D eigenvalue weighted by atomic mass is 32.2. The van der Waals surface area contributed by atoms with E-state index < -0.39 is 10.0 Å². The van der Waals surface area contributed by atoms with Crippen molar-refractivity contribution in [1.29, 1.82) is 0 Å². The monoisotopic (exact) mass is 328 g/mol. The van der Waals surface area contributed by atoms with Gasteiger partial charge in [0.2, 0.25) is 10.0 Å². The smallest absolute Gasteiger partial charge is 0.243 e. The number of benzene rings is 1. The average Bonchev–Trinajstić information content (AvgIpc) is 2.47. The Morgan fingerprint density at radius 1 is 1.19 bits per heavy atom. The molecule has 0 aromatic heterocycles. The van der Waals surface area contributed by atoms with E-state index in [1.807, 2.05) is 0 Å². The van der Waals surface area contributed by atoms with E-state index in [1.165, 1.54) is 0 Å². The Balaban J connectivity index is 3.08. The van der Waals surface area contributed by atoms with Gasteiger partial charge in [-0.05, 0) is 25.0 Å². The molecular formula is C15H24N2O2S2. The van der Waals surface area contributed by atoms with Crippen molar-refractivity contribution in [2.24, 2.45) is 5.73 Å². The van der Waals surface area contributed by atoms with Crippen LogP contribution in [0.2, 0.25) is 0 Å². The Labute approximate surface area is 133 Å². The minimum Gasteiger partial charge on any atom is -0.389 e. The van der Waals surface area contributed by atoms with E-state index in [4.69, 9.17) is 18.0 Å². The van der Waals surface area contributed by atoms with Crippen molar-refractivity contribution < 1.29 is 8.42 Å². The van der Waals surface area contributed by atoms with Gasteiger partial charge in [0.1, 0.15) is 4.99 Å². The third kappa shape index (κ3) is 5.05. The molecule has 4 nitrogen and oxygen atoms in total. The molecule has 0 unspecified atom stereocenters. The lowest BCUT2D eigenvalue weighted by Gasteiger charge is -2.22. The number of sulfonamides is 1. The summed E-state index contributed by atoms with van der Waals surface area (Å²) in [5, 5.41) is 0. The predicted octanol–water partition coefficient (Wildman–Crippen LogP) is 2.91. The van der Waals surface area contributed by atoms with E-state index in [1.54, 1.807) is 28.6 Å². The lowest BCUT2D eigenvalue weighted by atomic mass is 10.2. The molecule has 1 rings (SSSR count).